The van der Waals surface area contributed by atoms with Gasteiger partial charge in [0.05, 0.1) is 12.6 Å². The molecule has 0 saturated heterocycles. The lowest BCUT2D eigenvalue weighted by molar-refractivity contribution is 0.0693. The topological polar surface area (TPSA) is 73.1 Å². The predicted molar refractivity (Wildman–Crippen MR) is 79.5 cm³/mol. The average Bonchev–Trinajstić information content (AvgIpc) is 2.92. The summed E-state index contributed by atoms with van der Waals surface area (Å²) < 4.78 is 12.5. The molecule has 0 aliphatic carbocycles. The molecule has 0 saturated carbocycles. The van der Waals surface area contributed by atoms with Gasteiger partial charge >= 0.3 is 5.97 Å². The van der Waals surface area contributed by atoms with Gasteiger partial charge in [-0.1, -0.05) is 6.07 Å². The third-order valence-corrected chi connectivity index (χ3v) is 3.25. The Hall–Kier alpha value is -3.02. The number of rotatable bonds is 5. The summed E-state index contributed by atoms with van der Waals surface area (Å²) >= 11 is 0. The van der Waals surface area contributed by atoms with Gasteiger partial charge in [-0.05, 0) is 36.4 Å². The van der Waals surface area contributed by atoms with Crippen LogP contribution < -0.4 is 9.47 Å². The summed E-state index contributed by atoms with van der Waals surface area (Å²) in [6.45, 7) is 0.171. The molecule has 3 rings (SSSR count). The maximum atomic E-state index is 11.2. The standard InChI is InChI=1S/C16H14N2O4/c1-21-11-5-7-12(8-6-11)22-10-14-17-15(16(19)20)13-4-2-3-9-18(13)14/h2-9H,10H2,1H3,(H,19,20). The molecule has 6 nitrogen and oxygen atoms in total. The number of nitrogens with zero attached hydrogens (tertiary/aromatic N) is 2. The Bertz CT molecular complexity index is 809. The number of aromatic nitrogens is 2. The minimum Gasteiger partial charge on any atom is -0.497 e. The quantitative estimate of drug-likeness (QED) is 0.784. The first-order valence-corrected chi connectivity index (χ1v) is 6.65. The number of hydrogen-bond acceptors (Lipinski definition) is 4. The Morgan fingerprint density at radius 2 is 1.91 bits per heavy atom. The van der Waals surface area contributed by atoms with E-state index in [0.29, 0.717) is 17.1 Å². The molecule has 0 atom stereocenters. The van der Waals surface area contributed by atoms with E-state index in [0.717, 1.165) is 5.75 Å². The Morgan fingerprint density at radius 1 is 1.18 bits per heavy atom. The van der Waals surface area contributed by atoms with Crippen LogP contribution in [0.3, 0.4) is 0 Å². The molecule has 0 fully saturated rings. The molecule has 112 valence electrons. The second-order valence-corrected chi connectivity index (χ2v) is 4.60. The molecular weight excluding hydrogens is 284 g/mol. The number of benzene rings is 1. The van der Waals surface area contributed by atoms with E-state index in [1.165, 1.54) is 0 Å². The number of methoxy groups -OCH3 is 1. The largest absolute Gasteiger partial charge is 0.497 e. The van der Waals surface area contributed by atoms with Gasteiger partial charge in [0, 0.05) is 6.20 Å². The molecule has 0 aliphatic rings. The third kappa shape index (κ3) is 2.58. The molecule has 0 radical (unpaired) electrons. The normalized spacial score (nSPS) is 10.6. The van der Waals surface area contributed by atoms with Crippen LogP contribution in [0.15, 0.2) is 48.7 Å². The van der Waals surface area contributed by atoms with Crippen molar-refractivity contribution in [1.29, 1.82) is 0 Å². The van der Waals surface area contributed by atoms with Crippen LogP contribution in [0, 0.1) is 0 Å². The molecular formula is C16H14N2O4. The van der Waals surface area contributed by atoms with Crippen molar-refractivity contribution in [1.82, 2.24) is 9.38 Å². The summed E-state index contributed by atoms with van der Waals surface area (Å²) in [5.74, 6) is 0.875. The molecule has 0 unspecified atom stereocenters. The van der Waals surface area contributed by atoms with Crippen LogP contribution >= 0.6 is 0 Å². The van der Waals surface area contributed by atoms with Crippen LogP contribution in [-0.4, -0.2) is 27.6 Å². The molecule has 3 aromatic rings. The fourth-order valence-corrected chi connectivity index (χ4v) is 2.18. The molecule has 0 aliphatic heterocycles. The van der Waals surface area contributed by atoms with Crippen molar-refractivity contribution in [2.45, 2.75) is 6.61 Å². The number of ether oxygens (including phenoxy) is 2. The molecule has 1 N–H and O–H groups in total. The number of carboxylic acids is 1. The monoisotopic (exact) mass is 298 g/mol. The first kappa shape index (κ1) is 13.9. The summed E-state index contributed by atoms with van der Waals surface area (Å²) in [7, 11) is 1.60. The van der Waals surface area contributed by atoms with Gasteiger partial charge in [0.1, 0.15) is 18.1 Å². The number of imidazole rings is 1. The van der Waals surface area contributed by atoms with Crippen LogP contribution in [-0.2, 0) is 6.61 Å². The van der Waals surface area contributed by atoms with Gasteiger partial charge in [-0.3, -0.25) is 4.40 Å². The minimum atomic E-state index is -1.06. The Balaban J connectivity index is 1.85. The summed E-state index contributed by atoms with van der Waals surface area (Å²) in [6.07, 6.45) is 1.77. The van der Waals surface area contributed by atoms with E-state index in [-0.39, 0.29) is 12.3 Å². The number of carbonyl (C=O) groups is 1. The fourth-order valence-electron chi connectivity index (χ4n) is 2.18. The highest BCUT2D eigenvalue weighted by Gasteiger charge is 2.16. The van der Waals surface area contributed by atoms with E-state index in [9.17, 15) is 9.90 Å². The predicted octanol–water partition coefficient (Wildman–Crippen LogP) is 2.62. The van der Waals surface area contributed by atoms with Crippen LogP contribution in [0.2, 0.25) is 0 Å². The fraction of sp³-hybridized carbons (Fsp3) is 0.125. The van der Waals surface area contributed by atoms with E-state index < -0.39 is 5.97 Å². The van der Waals surface area contributed by atoms with Crippen LogP contribution in [0.25, 0.3) is 5.52 Å². The average molecular weight is 298 g/mol. The number of pyridine rings is 1. The van der Waals surface area contributed by atoms with Gasteiger partial charge in [0.25, 0.3) is 0 Å². The van der Waals surface area contributed by atoms with Crippen molar-refractivity contribution in [3.63, 3.8) is 0 Å². The SMILES string of the molecule is COc1ccc(OCc2nc(C(=O)O)c3ccccn23)cc1. The first-order valence-electron chi connectivity index (χ1n) is 6.65. The summed E-state index contributed by atoms with van der Waals surface area (Å²) in [5, 5.41) is 9.21. The highest BCUT2D eigenvalue weighted by molar-refractivity contribution is 5.93. The lowest BCUT2D eigenvalue weighted by atomic mass is 10.3. The zero-order chi connectivity index (χ0) is 15.5. The molecule has 2 heterocycles. The smallest absolute Gasteiger partial charge is 0.356 e. The lowest BCUT2D eigenvalue weighted by Gasteiger charge is -2.06. The maximum Gasteiger partial charge on any atom is 0.356 e. The zero-order valence-electron chi connectivity index (χ0n) is 11.9. The molecule has 1 aromatic carbocycles. The van der Waals surface area contributed by atoms with Crippen LogP contribution in [0.4, 0.5) is 0 Å². The molecule has 2 aromatic heterocycles. The van der Waals surface area contributed by atoms with E-state index in [1.54, 1.807) is 54.1 Å². The van der Waals surface area contributed by atoms with Crippen LogP contribution in [0.1, 0.15) is 16.3 Å². The van der Waals surface area contributed by atoms with Gasteiger partial charge in [0.2, 0.25) is 0 Å². The second kappa shape index (κ2) is 5.77. The molecule has 22 heavy (non-hydrogen) atoms. The van der Waals surface area contributed by atoms with Crippen molar-refractivity contribution in [3.05, 3.63) is 60.2 Å². The van der Waals surface area contributed by atoms with Gasteiger partial charge in [0.15, 0.2) is 11.5 Å². The van der Waals surface area contributed by atoms with Crippen molar-refractivity contribution in [3.8, 4) is 11.5 Å². The van der Waals surface area contributed by atoms with Crippen molar-refractivity contribution < 1.29 is 19.4 Å². The van der Waals surface area contributed by atoms with E-state index in [4.69, 9.17) is 9.47 Å². The molecule has 6 heteroatoms. The molecule has 0 amide bonds. The second-order valence-electron chi connectivity index (χ2n) is 4.60. The van der Waals surface area contributed by atoms with Crippen LogP contribution in [0.5, 0.6) is 11.5 Å². The summed E-state index contributed by atoms with van der Waals surface area (Å²) in [6, 6.07) is 12.5. The minimum absolute atomic E-state index is 0.0222. The first-order chi connectivity index (χ1) is 10.7. The van der Waals surface area contributed by atoms with E-state index in [2.05, 4.69) is 4.98 Å². The van der Waals surface area contributed by atoms with Gasteiger partial charge in [-0.25, -0.2) is 9.78 Å². The van der Waals surface area contributed by atoms with Gasteiger partial charge in [-0.2, -0.15) is 0 Å². The molecule has 0 bridgehead atoms. The number of aromatic carboxylic acids is 1. The van der Waals surface area contributed by atoms with Crippen molar-refractivity contribution in [2.24, 2.45) is 0 Å². The third-order valence-electron chi connectivity index (χ3n) is 3.25. The van der Waals surface area contributed by atoms with Gasteiger partial charge in [-0.15, -0.1) is 0 Å². The van der Waals surface area contributed by atoms with E-state index in [1.807, 2.05) is 6.07 Å². The lowest BCUT2D eigenvalue weighted by Crippen LogP contribution is -2.01. The number of fused-ring (bicyclic) bond motifs is 1. The highest BCUT2D eigenvalue weighted by atomic mass is 16.5. The maximum absolute atomic E-state index is 11.2. The summed E-state index contributed by atoms with van der Waals surface area (Å²) in [4.78, 5) is 15.4. The zero-order valence-corrected chi connectivity index (χ0v) is 11.9. The number of hydrogen-bond donors (Lipinski definition) is 1. The summed E-state index contributed by atoms with van der Waals surface area (Å²) in [5.41, 5.74) is 0.567. The molecule has 0 spiro atoms. The van der Waals surface area contributed by atoms with Crippen molar-refractivity contribution >= 4 is 11.5 Å². The Labute approximate surface area is 126 Å². The Kier molecular flexibility index (Phi) is 3.65. The highest BCUT2D eigenvalue weighted by Crippen LogP contribution is 2.19. The van der Waals surface area contributed by atoms with Gasteiger partial charge < -0.3 is 14.6 Å². The Morgan fingerprint density at radius 3 is 2.59 bits per heavy atom. The van der Waals surface area contributed by atoms with Crippen molar-refractivity contribution in [2.75, 3.05) is 7.11 Å². The van der Waals surface area contributed by atoms with E-state index >= 15 is 0 Å². The number of carboxylic acid groups (broad SMARTS) is 1.